The van der Waals surface area contributed by atoms with E-state index in [1.165, 1.54) is 4.90 Å². The quantitative estimate of drug-likeness (QED) is 0.770. The highest BCUT2D eigenvalue weighted by Crippen LogP contribution is 2.36. The molecule has 2 aliphatic rings. The van der Waals surface area contributed by atoms with Gasteiger partial charge in [-0.2, -0.15) is 0 Å². The third-order valence-corrected chi connectivity index (χ3v) is 6.03. The summed E-state index contributed by atoms with van der Waals surface area (Å²) < 4.78 is 17.6. The molecule has 2 fully saturated rings. The minimum Gasteiger partial charge on any atom is -0.465 e. The number of amides is 1. The van der Waals surface area contributed by atoms with Crippen LogP contribution in [0.1, 0.15) is 39.6 Å². The number of hydrogen-bond acceptors (Lipinski definition) is 5. The van der Waals surface area contributed by atoms with Crippen molar-refractivity contribution in [1.82, 2.24) is 14.9 Å². The van der Waals surface area contributed by atoms with E-state index in [-0.39, 0.29) is 11.2 Å². The number of imidazole rings is 1. The maximum atomic E-state index is 11.5. The van der Waals surface area contributed by atoms with Crippen LogP contribution in [-0.2, 0) is 14.0 Å². The second-order valence-electron chi connectivity index (χ2n) is 8.46. The van der Waals surface area contributed by atoms with Crippen LogP contribution in [0.4, 0.5) is 4.79 Å². The van der Waals surface area contributed by atoms with Gasteiger partial charge in [-0.15, -0.1) is 0 Å². The minimum atomic E-state index is -0.969. The van der Waals surface area contributed by atoms with E-state index in [0.717, 1.165) is 16.7 Å². The van der Waals surface area contributed by atoms with Crippen LogP contribution < -0.4 is 5.46 Å². The van der Waals surface area contributed by atoms with Gasteiger partial charge in [-0.25, -0.2) is 9.78 Å². The molecule has 154 valence electrons. The van der Waals surface area contributed by atoms with Gasteiger partial charge >= 0.3 is 13.2 Å². The number of carbonyl (C=O) groups is 1. The summed E-state index contributed by atoms with van der Waals surface area (Å²) in [7, 11) is -0.408. The largest absolute Gasteiger partial charge is 0.494 e. The number of ether oxygens (including phenoxy) is 1. The molecule has 1 unspecified atom stereocenters. The molecule has 0 aliphatic carbocycles. The number of morpholine rings is 1. The van der Waals surface area contributed by atoms with E-state index in [4.69, 9.17) is 14.0 Å². The van der Waals surface area contributed by atoms with Crippen LogP contribution in [0.5, 0.6) is 0 Å². The number of nitrogens with one attached hydrogen (secondary N) is 1. The Bertz CT molecular complexity index is 880. The molecule has 3 heterocycles. The van der Waals surface area contributed by atoms with Crippen molar-refractivity contribution in [3.63, 3.8) is 0 Å². The normalized spacial score (nSPS) is 23.4. The van der Waals surface area contributed by atoms with Gasteiger partial charge in [0.2, 0.25) is 0 Å². The van der Waals surface area contributed by atoms with Crippen LogP contribution >= 0.6 is 0 Å². The standard InChI is InChI=1S/C20H26BN3O5/c1-19(2)20(3,4)29-21(28-19)14-7-5-13(6-8-14)15-11-22-17(23-15)16-12-27-10-9-24(16)18(25)26/h5-8,11,16H,9-10,12H2,1-4H3,(H,22,23)(H,25,26). The van der Waals surface area contributed by atoms with E-state index in [2.05, 4.69) is 9.97 Å². The molecule has 2 aliphatic heterocycles. The molecule has 0 bridgehead atoms. The molecule has 4 rings (SSSR count). The molecular weight excluding hydrogens is 373 g/mol. The Hall–Kier alpha value is -2.36. The van der Waals surface area contributed by atoms with Gasteiger partial charge in [0.15, 0.2) is 0 Å². The van der Waals surface area contributed by atoms with Crippen molar-refractivity contribution in [2.24, 2.45) is 0 Å². The smallest absolute Gasteiger partial charge is 0.465 e. The third-order valence-electron chi connectivity index (χ3n) is 6.03. The van der Waals surface area contributed by atoms with Crippen molar-refractivity contribution in [3.8, 4) is 11.3 Å². The maximum absolute atomic E-state index is 11.5. The third kappa shape index (κ3) is 3.65. The predicted molar refractivity (Wildman–Crippen MR) is 108 cm³/mol. The summed E-state index contributed by atoms with van der Waals surface area (Å²) in [6.45, 7) is 9.15. The van der Waals surface area contributed by atoms with Gasteiger partial charge < -0.3 is 24.1 Å². The summed E-state index contributed by atoms with van der Waals surface area (Å²) >= 11 is 0. The first-order valence-corrected chi connectivity index (χ1v) is 9.76. The summed E-state index contributed by atoms with van der Waals surface area (Å²) in [5, 5.41) is 9.41. The maximum Gasteiger partial charge on any atom is 0.494 e. The minimum absolute atomic E-state index is 0.292. The zero-order valence-corrected chi connectivity index (χ0v) is 17.1. The SMILES string of the molecule is CC1(C)OB(c2ccc(-c3cnc(C4COCCN4C(=O)O)[nH]3)cc2)OC1(C)C. The molecule has 2 N–H and O–H groups in total. The fourth-order valence-electron chi connectivity index (χ4n) is 3.51. The average molecular weight is 399 g/mol. The molecule has 1 amide bonds. The van der Waals surface area contributed by atoms with Gasteiger partial charge in [-0.3, -0.25) is 4.90 Å². The van der Waals surface area contributed by atoms with Crippen molar-refractivity contribution in [3.05, 3.63) is 36.3 Å². The summed E-state index contributed by atoms with van der Waals surface area (Å²) in [6.07, 6.45) is 0.747. The van der Waals surface area contributed by atoms with Gasteiger partial charge in [-0.1, -0.05) is 24.3 Å². The van der Waals surface area contributed by atoms with E-state index in [0.29, 0.717) is 25.6 Å². The van der Waals surface area contributed by atoms with Gasteiger partial charge in [0, 0.05) is 6.54 Å². The highest BCUT2D eigenvalue weighted by molar-refractivity contribution is 6.62. The average Bonchev–Trinajstić information content (AvgIpc) is 3.24. The lowest BCUT2D eigenvalue weighted by Crippen LogP contribution is -2.43. The second-order valence-corrected chi connectivity index (χ2v) is 8.46. The van der Waals surface area contributed by atoms with Gasteiger partial charge in [0.1, 0.15) is 11.9 Å². The molecule has 1 aromatic heterocycles. The number of H-pyrrole nitrogens is 1. The van der Waals surface area contributed by atoms with Gasteiger partial charge in [0.25, 0.3) is 0 Å². The number of nitrogens with zero attached hydrogens (tertiary/aromatic N) is 2. The second kappa shape index (κ2) is 7.16. The molecule has 2 aromatic rings. The molecule has 8 nitrogen and oxygen atoms in total. The molecule has 9 heteroatoms. The fourth-order valence-corrected chi connectivity index (χ4v) is 3.51. The molecule has 1 atom stereocenters. The summed E-state index contributed by atoms with van der Waals surface area (Å²) in [6, 6.07) is 7.48. The van der Waals surface area contributed by atoms with E-state index in [1.54, 1.807) is 6.20 Å². The molecule has 2 saturated heterocycles. The zero-order chi connectivity index (χ0) is 20.8. The fraction of sp³-hybridized carbons (Fsp3) is 0.500. The van der Waals surface area contributed by atoms with Crippen LogP contribution in [0.15, 0.2) is 30.5 Å². The number of rotatable bonds is 3. The molecule has 0 spiro atoms. The Morgan fingerprint density at radius 2 is 1.86 bits per heavy atom. The zero-order valence-electron chi connectivity index (χ0n) is 17.1. The van der Waals surface area contributed by atoms with Gasteiger partial charge in [-0.05, 0) is 38.7 Å². The van der Waals surface area contributed by atoms with E-state index in [9.17, 15) is 9.90 Å². The Balaban J connectivity index is 1.51. The van der Waals surface area contributed by atoms with Crippen LogP contribution in [0.3, 0.4) is 0 Å². The Labute approximate surface area is 170 Å². The first kappa shape index (κ1) is 19.9. The van der Waals surface area contributed by atoms with Crippen LogP contribution in [0.2, 0.25) is 0 Å². The summed E-state index contributed by atoms with van der Waals surface area (Å²) in [5.74, 6) is 0.581. The number of benzene rings is 1. The summed E-state index contributed by atoms with van der Waals surface area (Å²) in [5.41, 5.74) is 1.95. The lowest BCUT2D eigenvalue weighted by Gasteiger charge is -2.32. The molecule has 0 radical (unpaired) electrons. The molecule has 29 heavy (non-hydrogen) atoms. The summed E-state index contributed by atoms with van der Waals surface area (Å²) in [4.78, 5) is 20.5. The van der Waals surface area contributed by atoms with Crippen LogP contribution in [-0.4, -0.2) is 64.1 Å². The first-order chi connectivity index (χ1) is 13.7. The van der Waals surface area contributed by atoms with Crippen molar-refractivity contribution in [1.29, 1.82) is 0 Å². The lowest BCUT2D eigenvalue weighted by molar-refractivity contribution is -0.00350. The lowest BCUT2D eigenvalue weighted by atomic mass is 9.79. The monoisotopic (exact) mass is 399 g/mol. The van der Waals surface area contributed by atoms with E-state index in [1.807, 2.05) is 52.0 Å². The predicted octanol–water partition coefficient (Wildman–Crippen LogP) is 2.43. The van der Waals surface area contributed by atoms with Crippen molar-refractivity contribution in [2.75, 3.05) is 19.8 Å². The van der Waals surface area contributed by atoms with Crippen LogP contribution in [0, 0.1) is 0 Å². The number of aromatic amines is 1. The van der Waals surface area contributed by atoms with Crippen molar-refractivity contribution < 1.29 is 23.9 Å². The van der Waals surface area contributed by atoms with E-state index < -0.39 is 19.3 Å². The Morgan fingerprint density at radius 1 is 1.21 bits per heavy atom. The topological polar surface area (TPSA) is 96.9 Å². The first-order valence-electron chi connectivity index (χ1n) is 9.76. The number of carboxylic acid groups (broad SMARTS) is 1. The van der Waals surface area contributed by atoms with Crippen molar-refractivity contribution >= 4 is 18.7 Å². The number of aromatic nitrogens is 2. The highest BCUT2D eigenvalue weighted by atomic mass is 16.7. The van der Waals surface area contributed by atoms with Gasteiger partial charge in [0.05, 0.1) is 36.3 Å². The van der Waals surface area contributed by atoms with Crippen LogP contribution in [0.25, 0.3) is 11.3 Å². The van der Waals surface area contributed by atoms with E-state index >= 15 is 0 Å². The Morgan fingerprint density at radius 3 is 2.48 bits per heavy atom. The van der Waals surface area contributed by atoms with Crippen molar-refractivity contribution in [2.45, 2.75) is 44.9 Å². The number of hydrogen-bond donors (Lipinski definition) is 2. The highest BCUT2D eigenvalue weighted by Gasteiger charge is 2.51. The molecular formula is C20H26BN3O5. The molecule has 1 aromatic carbocycles. The molecule has 0 saturated carbocycles. The Kier molecular flexibility index (Phi) is 4.92.